The van der Waals surface area contributed by atoms with Crippen LogP contribution in [0.5, 0.6) is 0 Å². The van der Waals surface area contributed by atoms with Gasteiger partial charge in [-0.05, 0) is 37.2 Å². The molecule has 3 aromatic rings. The first kappa shape index (κ1) is 19.9. The van der Waals surface area contributed by atoms with Gasteiger partial charge in [-0.1, -0.05) is 65.8 Å². The van der Waals surface area contributed by atoms with Gasteiger partial charge in [-0.15, -0.1) is 0 Å². The number of rotatable bonds is 8. The van der Waals surface area contributed by atoms with Crippen LogP contribution < -0.4 is 4.90 Å². The van der Waals surface area contributed by atoms with Crippen LogP contribution in [0.15, 0.2) is 65.2 Å². The van der Waals surface area contributed by atoms with Crippen LogP contribution in [0.4, 0.5) is 5.88 Å². The second-order valence-electron chi connectivity index (χ2n) is 8.76. The first-order chi connectivity index (χ1) is 15.3. The van der Waals surface area contributed by atoms with Gasteiger partial charge in [0.15, 0.2) is 0 Å². The largest absolute Gasteiger partial charge is 0.340 e. The van der Waals surface area contributed by atoms with Gasteiger partial charge in [-0.3, -0.25) is 4.79 Å². The van der Waals surface area contributed by atoms with E-state index in [1.165, 1.54) is 25.7 Å². The van der Waals surface area contributed by atoms with Crippen molar-refractivity contribution in [1.29, 1.82) is 0 Å². The number of aromatic nitrogens is 1. The Bertz CT molecular complexity index is 1010. The Balaban J connectivity index is 1.45. The lowest BCUT2D eigenvalue weighted by molar-refractivity contribution is -0.131. The summed E-state index contributed by atoms with van der Waals surface area (Å²) in [6, 6.07) is 20.2. The summed E-state index contributed by atoms with van der Waals surface area (Å²) in [6.45, 7) is 3.32. The van der Waals surface area contributed by atoms with E-state index in [9.17, 15) is 4.79 Å². The van der Waals surface area contributed by atoms with Crippen molar-refractivity contribution in [3.05, 3.63) is 71.8 Å². The number of benzene rings is 2. The highest BCUT2D eigenvalue weighted by Gasteiger charge is 2.31. The standard InChI is InChI=1S/C26H29N3O2/c30-24(17-20-9-3-1-4-10-20)29(18-21-13-14-21)19-23-25(22-11-5-2-6-12-22)27-31-26(23)28-15-7-8-16-28/h1-6,9-12,21H,7-8,13-19H2. The van der Waals surface area contributed by atoms with Crippen molar-refractivity contribution in [2.45, 2.75) is 38.6 Å². The molecule has 0 radical (unpaired) electrons. The summed E-state index contributed by atoms with van der Waals surface area (Å²) < 4.78 is 5.89. The third-order valence-corrected chi connectivity index (χ3v) is 6.28. The Morgan fingerprint density at radius 3 is 2.35 bits per heavy atom. The molecule has 0 N–H and O–H groups in total. The summed E-state index contributed by atoms with van der Waals surface area (Å²) in [6.07, 6.45) is 5.18. The molecule has 2 fully saturated rings. The maximum absolute atomic E-state index is 13.3. The van der Waals surface area contributed by atoms with E-state index >= 15 is 0 Å². The van der Waals surface area contributed by atoms with Crippen molar-refractivity contribution in [1.82, 2.24) is 10.1 Å². The first-order valence-corrected chi connectivity index (χ1v) is 11.4. The van der Waals surface area contributed by atoms with E-state index < -0.39 is 0 Å². The zero-order valence-electron chi connectivity index (χ0n) is 17.9. The zero-order valence-corrected chi connectivity index (χ0v) is 17.9. The van der Waals surface area contributed by atoms with E-state index in [-0.39, 0.29) is 5.91 Å². The number of carbonyl (C=O) groups excluding carboxylic acids is 1. The fourth-order valence-electron chi connectivity index (χ4n) is 4.37. The molecular formula is C26H29N3O2. The highest BCUT2D eigenvalue weighted by Crippen LogP contribution is 2.36. The van der Waals surface area contributed by atoms with Crippen LogP contribution in [0, 0.1) is 5.92 Å². The number of hydrogen-bond acceptors (Lipinski definition) is 4. The van der Waals surface area contributed by atoms with E-state index in [1.807, 2.05) is 53.4 Å². The minimum atomic E-state index is 0.172. The molecule has 1 aromatic heterocycles. The van der Waals surface area contributed by atoms with Crippen LogP contribution in [0.25, 0.3) is 11.3 Å². The predicted octanol–water partition coefficient (Wildman–Crippen LogP) is 4.92. The summed E-state index contributed by atoms with van der Waals surface area (Å²) in [7, 11) is 0. The van der Waals surface area contributed by atoms with E-state index in [4.69, 9.17) is 4.52 Å². The molecule has 1 aliphatic carbocycles. The zero-order chi connectivity index (χ0) is 21.0. The van der Waals surface area contributed by atoms with E-state index in [0.29, 0.717) is 18.9 Å². The van der Waals surface area contributed by atoms with Gasteiger partial charge in [0.2, 0.25) is 11.8 Å². The SMILES string of the molecule is O=C(Cc1ccccc1)N(Cc1c(-c2ccccc2)noc1N1CCCC1)CC1CC1. The van der Waals surface area contributed by atoms with Gasteiger partial charge >= 0.3 is 0 Å². The minimum Gasteiger partial charge on any atom is -0.340 e. The predicted molar refractivity (Wildman–Crippen MR) is 122 cm³/mol. The lowest BCUT2D eigenvalue weighted by Gasteiger charge is -2.24. The second kappa shape index (κ2) is 8.96. The van der Waals surface area contributed by atoms with Crippen LogP contribution in [-0.4, -0.2) is 35.6 Å². The molecule has 5 rings (SSSR count). The number of hydrogen-bond donors (Lipinski definition) is 0. The summed E-state index contributed by atoms with van der Waals surface area (Å²) >= 11 is 0. The molecule has 0 bridgehead atoms. The van der Waals surface area contributed by atoms with Crippen LogP contribution in [-0.2, 0) is 17.8 Å². The lowest BCUT2D eigenvalue weighted by Crippen LogP contribution is -2.34. The molecule has 160 valence electrons. The van der Waals surface area contributed by atoms with Crippen molar-refractivity contribution in [2.75, 3.05) is 24.5 Å². The van der Waals surface area contributed by atoms with Crippen molar-refractivity contribution >= 4 is 11.8 Å². The molecule has 1 saturated carbocycles. The second-order valence-corrected chi connectivity index (χ2v) is 8.76. The summed E-state index contributed by atoms with van der Waals surface area (Å²) in [4.78, 5) is 17.7. The maximum Gasteiger partial charge on any atom is 0.232 e. The number of nitrogens with zero attached hydrogens (tertiary/aromatic N) is 3. The van der Waals surface area contributed by atoms with Gasteiger partial charge in [0.05, 0.1) is 18.5 Å². The molecule has 5 nitrogen and oxygen atoms in total. The van der Waals surface area contributed by atoms with Gasteiger partial charge in [-0.2, -0.15) is 0 Å². The molecule has 5 heteroatoms. The van der Waals surface area contributed by atoms with Gasteiger partial charge in [0, 0.05) is 25.2 Å². The Morgan fingerprint density at radius 2 is 1.68 bits per heavy atom. The summed E-state index contributed by atoms with van der Waals surface area (Å²) in [5.74, 6) is 1.63. The third-order valence-electron chi connectivity index (χ3n) is 6.28. The van der Waals surface area contributed by atoms with Crippen LogP contribution in [0.2, 0.25) is 0 Å². The van der Waals surface area contributed by atoms with E-state index in [0.717, 1.165) is 47.9 Å². The van der Waals surface area contributed by atoms with E-state index in [1.54, 1.807) is 0 Å². The molecule has 2 aliphatic rings. The molecule has 1 saturated heterocycles. The Kier molecular flexibility index (Phi) is 5.74. The quantitative estimate of drug-likeness (QED) is 0.524. The van der Waals surface area contributed by atoms with Gasteiger partial charge < -0.3 is 14.3 Å². The average Bonchev–Trinajstić information content (AvgIpc) is 3.28. The topological polar surface area (TPSA) is 49.6 Å². The highest BCUT2D eigenvalue weighted by atomic mass is 16.5. The lowest BCUT2D eigenvalue weighted by atomic mass is 10.1. The molecule has 2 heterocycles. The number of anilines is 1. The van der Waals surface area contributed by atoms with Gasteiger partial charge in [0.1, 0.15) is 5.69 Å². The van der Waals surface area contributed by atoms with Crippen molar-refractivity contribution in [3.8, 4) is 11.3 Å². The fraction of sp³-hybridized carbons (Fsp3) is 0.385. The molecule has 1 amide bonds. The molecule has 31 heavy (non-hydrogen) atoms. The molecule has 2 aromatic carbocycles. The molecule has 0 unspecified atom stereocenters. The molecule has 0 spiro atoms. The smallest absolute Gasteiger partial charge is 0.232 e. The number of amides is 1. The normalized spacial score (nSPS) is 15.9. The Labute approximate surface area is 183 Å². The summed E-state index contributed by atoms with van der Waals surface area (Å²) in [5.41, 5.74) is 3.99. The average molecular weight is 416 g/mol. The van der Waals surface area contributed by atoms with E-state index in [2.05, 4.69) is 22.2 Å². The molecular weight excluding hydrogens is 386 g/mol. The molecule has 1 aliphatic heterocycles. The minimum absolute atomic E-state index is 0.172. The van der Waals surface area contributed by atoms with Crippen molar-refractivity contribution in [2.24, 2.45) is 5.92 Å². The van der Waals surface area contributed by atoms with Crippen LogP contribution in [0.1, 0.15) is 36.8 Å². The fourth-order valence-corrected chi connectivity index (χ4v) is 4.37. The summed E-state index contributed by atoms with van der Waals surface area (Å²) in [5, 5.41) is 4.47. The van der Waals surface area contributed by atoms with Crippen LogP contribution in [0.3, 0.4) is 0 Å². The van der Waals surface area contributed by atoms with Crippen molar-refractivity contribution < 1.29 is 9.32 Å². The first-order valence-electron chi connectivity index (χ1n) is 11.4. The molecule has 0 atom stereocenters. The maximum atomic E-state index is 13.3. The van der Waals surface area contributed by atoms with Crippen molar-refractivity contribution in [3.63, 3.8) is 0 Å². The Hall–Kier alpha value is -3.08. The van der Waals surface area contributed by atoms with Gasteiger partial charge in [-0.25, -0.2) is 0 Å². The van der Waals surface area contributed by atoms with Gasteiger partial charge in [0.25, 0.3) is 0 Å². The monoisotopic (exact) mass is 415 g/mol. The third kappa shape index (κ3) is 4.66. The van der Waals surface area contributed by atoms with Crippen LogP contribution >= 0.6 is 0 Å². The highest BCUT2D eigenvalue weighted by molar-refractivity contribution is 5.79. The Morgan fingerprint density at radius 1 is 1.00 bits per heavy atom. The number of carbonyl (C=O) groups is 1.